The van der Waals surface area contributed by atoms with Gasteiger partial charge in [0.2, 0.25) is 5.89 Å². The molecule has 2 unspecified atom stereocenters. The van der Waals surface area contributed by atoms with E-state index in [1.807, 2.05) is 0 Å². The smallest absolute Gasteiger partial charge is 0.379 e. The molecule has 0 spiro atoms. The van der Waals surface area contributed by atoms with E-state index < -0.39 is 5.97 Å². The monoisotopic (exact) mass is 253 g/mol. The molecule has 1 aliphatic heterocycles. The van der Waals surface area contributed by atoms with Crippen LogP contribution in [-0.2, 0) is 4.74 Å². The lowest BCUT2D eigenvalue weighted by Gasteiger charge is -2.27. The summed E-state index contributed by atoms with van der Waals surface area (Å²) in [6.45, 7) is 5.18. The van der Waals surface area contributed by atoms with Gasteiger partial charge in [-0.2, -0.15) is 4.98 Å². The van der Waals surface area contributed by atoms with Crippen molar-refractivity contribution in [1.82, 2.24) is 15.5 Å². The van der Waals surface area contributed by atoms with E-state index in [-0.39, 0.29) is 11.9 Å². The highest BCUT2D eigenvalue weighted by Crippen LogP contribution is 2.28. The molecule has 0 radical (unpaired) electrons. The van der Waals surface area contributed by atoms with E-state index in [0.29, 0.717) is 18.4 Å². The van der Waals surface area contributed by atoms with Gasteiger partial charge in [0.15, 0.2) is 0 Å². The summed E-state index contributed by atoms with van der Waals surface area (Å²) in [4.78, 5) is 15.5. The molecule has 18 heavy (non-hydrogen) atoms. The normalized spacial score (nSPS) is 23.9. The first-order chi connectivity index (χ1) is 8.74. The maximum Gasteiger partial charge on any atom is 0.379 e. The topological polar surface area (TPSA) is 77.2 Å². The zero-order valence-corrected chi connectivity index (χ0v) is 10.8. The molecular formula is C12H19N3O3. The Labute approximate surface area is 106 Å². The van der Waals surface area contributed by atoms with Gasteiger partial charge < -0.3 is 14.6 Å². The number of carbonyl (C=O) groups excluding carboxylic acids is 1. The van der Waals surface area contributed by atoms with Crippen LogP contribution in [-0.4, -0.2) is 29.3 Å². The number of aromatic nitrogens is 2. The maximum atomic E-state index is 11.4. The first-order valence-electron chi connectivity index (χ1n) is 6.48. The van der Waals surface area contributed by atoms with E-state index in [1.54, 1.807) is 6.92 Å². The van der Waals surface area contributed by atoms with E-state index in [2.05, 4.69) is 22.4 Å². The molecule has 1 N–H and O–H groups in total. The molecule has 2 heterocycles. The van der Waals surface area contributed by atoms with Crippen LogP contribution in [0.15, 0.2) is 4.52 Å². The Kier molecular flexibility index (Phi) is 4.30. The third-order valence-corrected chi connectivity index (χ3v) is 3.29. The predicted octanol–water partition coefficient (Wildman–Crippen LogP) is 1.70. The van der Waals surface area contributed by atoms with Crippen molar-refractivity contribution < 1.29 is 14.1 Å². The van der Waals surface area contributed by atoms with E-state index in [9.17, 15) is 4.79 Å². The van der Waals surface area contributed by atoms with E-state index in [0.717, 1.165) is 19.4 Å². The van der Waals surface area contributed by atoms with Crippen molar-refractivity contribution in [3.63, 3.8) is 0 Å². The lowest BCUT2D eigenvalue weighted by Crippen LogP contribution is -2.31. The van der Waals surface area contributed by atoms with Crippen molar-refractivity contribution in [1.29, 1.82) is 0 Å². The standard InChI is InChI=1S/C12H19N3O3/c1-3-8-5-6-13-9(7-8)11-14-10(15-18-11)12(16)17-4-2/h8-9,13H,3-7H2,1-2H3. The van der Waals surface area contributed by atoms with Crippen molar-refractivity contribution in [2.24, 2.45) is 5.92 Å². The molecule has 0 aromatic carbocycles. The van der Waals surface area contributed by atoms with Crippen molar-refractivity contribution in [3.05, 3.63) is 11.7 Å². The number of esters is 1. The summed E-state index contributed by atoms with van der Waals surface area (Å²) in [5, 5.41) is 7.00. The Morgan fingerprint density at radius 3 is 3.11 bits per heavy atom. The van der Waals surface area contributed by atoms with Gasteiger partial charge in [0.1, 0.15) is 0 Å². The summed E-state index contributed by atoms with van der Waals surface area (Å²) in [6, 6.07) is 0.0550. The molecule has 1 saturated heterocycles. The minimum absolute atomic E-state index is 0.00673. The fraction of sp³-hybridized carbons (Fsp3) is 0.750. The first kappa shape index (κ1) is 13.0. The van der Waals surface area contributed by atoms with Crippen molar-refractivity contribution in [2.45, 2.75) is 39.2 Å². The highest BCUT2D eigenvalue weighted by Gasteiger charge is 2.27. The van der Waals surface area contributed by atoms with Crippen LogP contribution in [0.5, 0.6) is 0 Å². The maximum absolute atomic E-state index is 11.4. The van der Waals surface area contributed by atoms with Gasteiger partial charge in [-0.15, -0.1) is 0 Å². The zero-order valence-electron chi connectivity index (χ0n) is 10.8. The van der Waals surface area contributed by atoms with Crippen LogP contribution in [0.1, 0.15) is 55.7 Å². The molecule has 2 rings (SSSR count). The first-order valence-corrected chi connectivity index (χ1v) is 6.48. The Balaban J connectivity index is 2.03. The average Bonchev–Trinajstić information content (AvgIpc) is 2.89. The molecule has 1 aromatic rings. The summed E-state index contributed by atoms with van der Waals surface area (Å²) >= 11 is 0. The second-order valence-corrected chi connectivity index (χ2v) is 4.48. The molecule has 1 aromatic heterocycles. The van der Waals surface area contributed by atoms with Crippen LogP contribution in [0.2, 0.25) is 0 Å². The fourth-order valence-corrected chi connectivity index (χ4v) is 2.21. The number of hydrogen-bond acceptors (Lipinski definition) is 6. The van der Waals surface area contributed by atoms with Crippen LogP contribution < -0.4 is 5.32 Å². The Morgan fingerprint density at radius 2 is 2.39 bits per heavy atom. The van der Waals surface area contributed by atoms with Crippen LogP contribution in [0.3, 0.4) is 0 Å². The van der Waals surface area contributed by atoms with E-state index in [4.69, 9.17) is 9.26 Å². The van der Waals surface area contributed by atoms with Crippen LogP contribution in [0.4, 0.5) is 0 Å². The quantitative estimate of drug-likeness (QED) is 0.823. The summed E-state index contributed by atoms with van der Waals surface area (Å²) in [5.41, 5.74) is 0. The van der Waals surface area contributed by atoms with Gasteiger partial charge in [-0.3, -0.25) is 0 Å². The van der Waals surface area contributed by atoms with Crippen molar-refractivity contribution in [3.8, 4) is 0 Å². The highest BCUT2D eigenvalue weighted by molar-refractivity contribution is 5.84. The van der Waals surface area contributed by atoms with Gasteiger partial charge >= 0.3 is 5.97 Å². The molecule has 0 amide bonds. The number of nitrogens with one attached hydrogen (secondary N) is 1. The Hall–Kier alpha value is -1.43. The lowest BCUT2D eigenvalue weighted by atomic mass is 9.90. The Morgan fingerprint density at radius 1 is 1.56 bits per heavy atom. The minimum Gasteiger partial charge on any atom is -0.460 e. The van der Waals surface area contributed by atoms with Gasteiger partial charge in [0.05, 0.1) is 12.6 Å². The zero-order chi connectivity index (χ0) is 13.0. The third kappa shape index (κ3) is 2.87. The van der Waals surface area contributed by atoms with Crippen LogP contribution >= 0.6 is 0 Å². The number of carbonyl (C=O) groups is 1. The van der Waals surface area contributed by atoms with E-state index >= 15 is 0 Å². The van der Waals surface area contributed by atoms with Crippen LogP contribution in [0.25, 0.3) is 0 Å². The lowest BCUT2D eigenvalue weighted by molar-refractivity contribution is 0.0508. The second kappa shape index (κ2) is 5.95. The van der Waals surface area contributed by atoms with Gasteiger partial charge in [0, 0.05) is 0 Å². The molecule has 6 nitrogen and oxygen atoms in total. The summed E-state index contributed by atoms with van der Waals surface area (Å²) < 4.78 is 9.97. The van der Waals surface area contributed by atoms with Gasteiger partial charge in [-0.1, -0.05) is 13.3 Å². The number of ether oxygens (including phenoxy) is 1. The molecule has 2 atom stereocenters. The number of nitrogens with zero attached hydrogens (tertiary/aromatic N) is 2. The molecule has 0 bridgehead atoms. The second-order valence-electron chi connectivity index (χ2n) is 4.48. The van der Waals surface area contributed by atoms with Gasteiger partial charge in [0.25, 0.3) is 5.82 Å². The van der Waals surface area contributed by atoms with Crippen molar-refractivity contribution >= 4 is 5.97 Å². The van der Waals surface area contributed by atoms with E-state index in [1.165, 1.54) is 6.42 Å². The summed E-state index contributed by atoms with van der Waals surface area (Å²) in [6.07, 6.45) is 3.30. The predicted molar refractivity (Wildman–Crippen MR) is 64.0 cm³/mol. The van der Waals surface area contributed by atoms with Gasteiger partial charge in [-0.05, 0) is 37.4 Å². The molecule has 1 fully saturated rings. The summed E-state index contributed by atoms with van der Waals surface area (Å²) in [7, 11) is 0. The number of hydrogen-bond donors (Lipinski definition) is 1. The molecule has 6 heteroatoms. The van der Waals surface area contributed by atoms with Gasteiger partial charge in [-0.25, -0.2) is 4.79 Å². The highest BCUT2D eigenvalue weighted by atomic mass is 16.5. The molecule has 0 aliphatic carbocycles. The Bertz CT molecular complexity index is 405. The molecule has 0 saturated carbocycles. The van der Waals surface area contributed by atoms with Crippen LogP contribution in [0, 0.1) is 5.92 Å². The molecular weight excluding hydrogens is 234 g/mol. The SMILES string of the molecule is CCOC(=O)c1noc(C2CC(CC)CCN2)n1. The van der Waals surface area contributed by atoms with Crippen molar-refractivity contribution in [2.75, 3.05) is 13.2 Å². The average molecular weight is 253 g/mol. The third-order valence-electron chi connectivity index (χ3n) is 3.29. The number of rotatable bonds is 4. The number of piperidine rings is 1. The largest absolute Gasteiger partial charge is 0.460 e. The summed E-state index contributed by atoms with van der Waals surface area (Å²) in [5.74, 6) is 0.632. The molecule has 1 aliphatic rings. The molecule has 100 valence electrons. The minimum atomic E-state index is -0.532. The fourth-order valence-electron chi connectivity index (χ4n) is 2.21.